The van der Waals surface area contributed by atoms with Crippen molar-refractivity contribution in [3.63, 3.8) is 0 Å². The van der Waals surface area contributed by atoms with Gasteiger partial charge in [0, 0.05) is 13.2 Å². The summed E-state index contributed by atoms with van der Waals surface area (Å²) in [6.45, 7) is -0.516. The fraction of sp³-hybridized carbons (Fsp3) is 0.143. The predicted molar refractivity (Wildman–Crippen MR) is 75.1 cm³/mol. The molecule has 0 fully saturated rings. The average molecular weight is 291 g/mol. The number of benzene rings is 1. The van der Waals surface area contributed by atoms with Crippen molar-refractivity contribution in [2.75, 3.05) is 17.7 Å². The van der Waals surface area contributed by atoms with Crippen LogP contribution < -0.4 is 11.1 Å². The Kier molecular flexibility index (Phi) is 4.22. The summed E-state index contributed by atoms with van der Waals surface area (Å²) >= 11 is 0. The topological polar surface area (TPSA) is 86.3 Å². The third-order valence-corrected chi connectivity index (χ3v) is 2.72. The molecule has 0 saturated carbocycles. The Morgan fingerprint density at radius 2 is 2.10 bits per heavy atom. The summed E-state index contributed by atoms with van der Waals surface area (Å²) in [6, 6.07) is 7.15. The van der Waals surface area contributed by atoms with E-state index in [4.69, 9.17) is 10.5 Å². The molecule has 0 aliphatic rings. The van der Waals surface area contributed by atoms with E-state index in [0.717, 1.165) is 0 Å². The van der Waals surface area contributed by atoms with Crippen molar-refractivity contribution < 1.29 is 18.7 Å². The SMILES string of the molecule is Cn1cc(N)cc1C(=O)OCC(=O)Nc1ccccc1F. The van der Waals surface area contributed by atoms with Gasteiger partial charge in [-0.2, -0.15) is 0 Å². The zero-order chi connectivity index (χ0) is 15.4. The minimum absolute atomic E-state index is 0.0293. The zero-order valence-corrected chi connectivity index (χ0v) is 11.3. The number of nitrogens with two attached hydrogens (primary N) is 1. The molecule has 1 aromatic heterocycles. The summed E-state index contributed by atoms with van der Waals surface area (Å²) in [5.41, 5.74) is 6.22. The number of nitrogens with zero attached hydrogens (tertiary/aromatic N) is 1. The average Bonchev–Trinajstić information content (AvgIpc) is 2.78. The number of aryl methyl sites for hydroxylation is 1. The molecule has 0 saturated heterocycles. The molecule has 1 amide bonds. The lowest BCUT2D eigenvalue weighted by Gasteiger charge is -2.07. The molecule has 0 aliphatic carbocycles. The van der Waals surface area contributed by atoms with Crippen LogP contribution in [-0.2, 0) is 16.6 Å². The van der Waals surface area contributed by atoms with E-state index >= 15 is 0 Å². The number of anilines is 2. The molecule has 1 aromatic carbocycles. The smallest absolute Gasteiger partial charge is 0.355 e. The van der Waals surface area contributed by atoms with E-state index in [9.17, 15) is 14.0 Å². The van der Waals surface area contributed by atoms with Gasteiger partial charge in [-0.3, -0.25) is 4.79 Å². The number of ether oxygens (including phenoxy) is 1. The largest absolute Gasteiger partial charge is 0.451 e. The first-order chi connectivity index (χ1) is 9.97. The van der Waals surface area contributed by atoms with Gasteiger partial charge in [0.05, 0.1) is 11.4 Å². The van der Waals surface area contributed by atoms with E-state index in [0.29, 0.717) is 5.69 Å². The molecular formula is C14H14FN3O3. The Hall–Kier alpha value is -2.83. The Morgan fingerprint density at radius 1 is 1.38 bits per heavy atom. The minimum Gasteiger partial charge on any atom is -0.451 e. The molecule has 2 aromatic rings. The minimum atomic E-state index is -0.683. The fourth-order valence-electron chi connectivity index (χ4n) is 1.75. The van der Waals surface area contributed by atoms with Crippen LogP contribution in [0, 0.1) is 5.82 Å². The number of esters is 1. The van der Waals surface area contributed by atoms with Gasteiger partial charge in [0.15, 0.2) is 6.61 Å². The molecule has 0 unspecified atom stereocenters. The van der Waals surface area contributed by atoms with E-state index in [1.807, 2.05) is 0 Å². The lowest BCUT2D eigenvalue weighted by molar-refractivity contribution is -0.119. The Labute approximate surface area is 120 Å². The fourth-order valence-corrected chi connectivity index (χ4v) is 1.75. The van der Waals surface area contributed by atoms with Gasteiger partial charge in [0.25, 0.3) is 5.91 Å². The summed E-state index contributed by atoms with van der Waals surface area (Å²) in [4.78, 5) is 23.4. The van der Waals surface area contributed by atoms with E-state index in [2.05, 4.69) is 5.32 Å². The summed E-state index contributed by atoms with van der Waals surface area (Å²) < 4.78 is 19.7. The number of halogens is 1. The molecular weight excluding hydrogens is 277 g/mol. The summed E-state index contributed by atoms with van der Waals surface area (Å²) in [6.07, 6.45) is 1.55. The van der Waals surface area contributed by atoms with Gasteiger partial charge in [0.2, 0.25) is 0 Å². The highest BCUT2D eigenvalue weighted by Crippen LogP contribution is 2.13. The first kappa shape index (κ1) is 14.6. The van der Waals surface area contributed by atoms with Crippen LogP contribution in [-0.4, -0.2) is 23.1 Å². The third-order valence-electron chi connectivity index (χ3n) is 2.72. The maximum atomic E-state index is 13.3. The van der Waals surface area contributed by atoms with E-state index in [-0.39, 0.29) is 11.4 Å². The molecule has 2 rings (SSSR count). The quantitative estimate of drug-likeness (QED) is 0.837. The standard InChI is InChI=1S/C14H14FN3O3/c1-18-7-9(16)6-12(18)14(20)21-8-13(19)17-11-5-3-2-4-10(11)15/h2-7H,8,16H2,1H3,(H,17,19). The van der Waals surface area contributed by atoms with Gasteiger partial charge < -0.3 is 20.4 Å². The Morgan fingerprint density at radius 3 is 2.71 bits per heavy atom. The zero-order valence-electron chi connectivity index (χ0n) is 11.3. The molecule has 21 heavy (non-hydrogen) atoms. The van der Waals surface area contributed by atoms with Crippen LogP contribution in [0.4, 0.5) is 15.8 Å². The van der Waals surface area contributed by atoms with Crippen LogP contribution in [0.2, 0.25) is 0 Å². The van der Waals surface area contributed by atoms with E-state index in [1.54, 1.807) is 19.3 Å². The molecule has 3 N–H and O–H groups in total. The lowest BCUT2D eigenvalue weighted by Crippen LogP contribution is -2.22. The highest BCUT2D eigenvalue weighted by Gasteiger charge is 2.14. The maximum absolute atomic E-state index is 13.3. The van der Waals surface area contributed by atoms with Crippen molar-refractivity contribution in [2.24, 2.45) is 7.05 Å². The van der Waals surface area contributed by atoms with Crippen LogP contribution in [0.1, 0.15) is 10.5 Å². The van der Waals surface area contributed by atoms with Crippen molar-refractivity contribution in [1.29, 1.82) is 0 Å². The van der Waals surface area contributed by atoms with Crippen molar-refractivity contribution in [3.8, 4) is 0 Å². The lowest BCUT2D eigenvalue weighted by atomic mass is 10.3. The predicted octanol–water partition coefficient (Wildman–Crippen LogP) is 1.54. The van der Waals surface area contributed by atoms with Crippen LogP contribution >= 0.6 is 0 Å². The van der Waals surface area contributed by atoms with Gasteiger partial charge in [-0.1, -0.05) is 12.1 Å². The maximum Gasteiger partial charge on any atom is 0.355 e. The monoisotopic (exact) mass is 291 g/mol. The molecule has 110 valence electrons. The van der Waals surface area contributed by atoms with E-state index in [1.165, 1.54) is 28.8 Å². The highest BCUT2D eigenvalue weighted by atomic mass is 19.1. The molecule has 1 heterocycles. The number of para-hydroxylation sites is 1. The van der Waals surface area contributed by atoms with Crippen molar-refractivity contribution in [2.45, 2.75) is 0 Å². The van der Waals surface area contributed by atoms with Crippen LogP contribution in [0.15, 0.2) is 36.5 Å². The van der Waals surface area contributed by atoms with Gasteiger partial charge in [-0.15, -0.1) is 0 Å². The number of hydrogen-bond donors (Lipinski definition) is 2. The molecule has 6 nitrogen and oxygen atoms in total. The third kappa shape index (κ3) is 3.59. The van der Waals surface area contributed by atoms with Crippen LogP contribution in [0.3, 0.4) is 0 Å². The van der Waals surface area contributed by atoms with E-state index < -0.39 is 24.3 Å². The molecule has 0 bridgehead atoms. The Bertz CT molecular complexity index is 682. The molecule has 0 atom stereocenters. The molecule has 0 radical (unpaired) electrons. The summed E-state index contributed by atoms with van der Waals surface area (Å²) in [7, 11) is 1.63. The number of amides is 1. The Balaban J connectivity index is 1.91. The number of nitrogen functional groups attached to an aromatic ring is 1. The number of aromatic nitrogens is 1. The highest BCUT2D eigenvalue weighted by molar-refractivity contribution is 5.95. The molecule has 7 heteroatoms. The second-order valence-corrected chi connectivity index (χ2v) is 4.37. The molecule has 0 aliphatic heterocycles. The van der Waals surface area contributed by atoms with Gasteiger partial charge >= 0.3 is 5.97 Å². The number of hydrogen-bond acceptors (Lipinski definition) is 4. The number of rotatable bonds is 4. The molecule has 0 spiro atoms. The van der Waals surface area contributed by atoms with Gasteiger partial charge in [0.1, 0.15) is 11.5 Å². The van der Waals surface area contributed by atoms with Crippen molar-refractivity contribution >= 4 is 23.3 Å². The van der Waals surface area contributed by atoms with Gasteiger partial charge in [-0.05, 0) is 18.2 Å². The van der Waals surface area contributed by atoms with Crippen molar-refractivity contribution in [1.82, 2.24) is 4.57 Å². The van der Waals surface area contributed by atoms with Crippen LogP contribution in [0.5, 0.6) is 0 Å². The second-order valence-electron chi connectivity index (χ2n) is 4.37. The normalized spacial score (nSPS) is 10.2. The number of nitrogens with one attached hydrogen (secondary N) is 1. The summed E-state index contributed by atoms with van der Waals surface area (Å²) in [5.74, 6) is -1.87. The second kappa shape index (κ2) is 6.08. The number of carbonyl (C=O) groups is 2. The summed E-state index contributed by atoms with van der Waals surface area (Å²) in [5, 5.41) is 2.31. The first-order valence-corrected chi connectivity index (χ1v) is 6.10. The van der Waals surface area contributed by atoms with Crippen molar-refractivity contribution in [3.05, 3.63) is 48.0 Å². The van der Waals surface area contributed by atoms with Gasteiger partial charge in [-0.25, -0.2) is 9.18 Å². The number of carbonyl (C=O) groups excluding carboxylic acids is 2. The first-order valence-electron chi connectivity index (χ1n) is 6.10. The van der Waals surface area contributed by atoms with Crippen LogP contribution in [0.25, 0.3) is 0 Å².